The van der Waals surface area contributed by atoms with Crippen LogP contribution in [-0.2, 0) is 6.54 Å². The lowest BCUT2D eigenvalue weighted by Crippen LogP contribution is -1.96. The Labute approximate surface area is 126 Å². The van der Waals surface area contributed by atoms with Gasteiger partial charge in [0.15, 0.2) is 17.1 Å². The number of fused-ring (bicyclic) bond motifs is 1. The molecule has 0 unspecified atom stereocenters. The van der Waals surface area contributed by atoms with E-state index in [0.717, 1.165) is 23.3 Å². The molecule has 3 rings (SSSR count). The summed E-state index contributed by atoms with van der Waals surface area (Å²) in [7, 11) is 3.16. The molecular formula is C14H15ClN4O2. The molecule has 0 aliphatic carbocycles. The molecule has 1 aromatic carbocycles. The lowest BCUT2D eigenvalue weighted by molar-refractivity contribution is 0.355. The molecule has 7 heteroatoms. The van der Waals surface area contributed by atoms with Gasteiger partial charge in [0.05, 0.1) is 25.4 Å². The molecule has 2 heterocycles. The van der Waals surface area contributed by atoms with Gasteiger partial charge in [0.25, 0.3) is 0 Å². The number of halogens is 1. The lowest BCUT2D eigenvalue weighted by Gasteiger charge is -2.10. The van der Waals surface area contributed by atoms with Gasteiger partial charge in [-0.25, -0.2) is 9.67 Å². The number of H-pyrrole nitrogens is 1. The molecule has 0 fully saturated rings. The number of nitrogens with zero attached hydrogens (tertiary/aromatic N) is 3. The normalized spacial score (nSPS) is 11.0. The molecule has 0 radical (unpaired) electrons. The van der Waals surface area contributed by atoms with Crippen molar-refractivity contribution in [1.29, 1.82) is 0 Å². The molecule has 0 amide bonds. The maximum Gasteiger partial charge on any atom is 0.176 e. The predicted molar refractivity (Wildman–Crippen MR) is 81.1 cm³/mol. The molecule has 0 aliphatic rings. The number of rotatable bonds is 4. The van der Waals surface area contributed by atoms with Crippen molar-refractivity contribution in [3.05, 3.63) is 23.4 Å². The Morgan fingerprint density at radius 2 is 1.95 bits per heavy atom. The van der Waals surface area contributed by atoms with Gasteiger partial charge >= 0.3 is 0 Å². The van der Waals surface area contributed by atoms with Crippen LogP contribution in [-0.4, -0.2) is 34.0 Å². The van der Waals surface area contributed by atoms with Crippen molar-refractivity contribution in [2.45, 2.75) is 13.5 Å². The zero-order valence-corrected chi connectivity index (χ0v) is 12.7. The van der Waals surface area contributed by atoms with Crippen LogP contribution >= 0.6 is 11.6 Å². The van der Waals surface area contributed by atoms with Crippen LogP contribution in [0.5, 0.6) is 11.5 Å². The van der Waals surface area contributed by atoms with E-state index in [2.05, 4.69) is 15.1 Å². The van der Waals surface area contributed by atoms with Crippen LogP contribution in [0.4, 0.5) is 0 Å². The number of methoxy groups -OCH3 is 2. The van der Waals surface area contributed by atoms with Crippen molar-refractivity contribution in [2.24, 2.45) is 0 Å². The van der Waals surface area contributed by atoms with E-state index in [1.54, 1.807) is 26.5 Å². The van der Waals surface area contributed by atoms with E-state index < -0.39 is 0 Å². The minimum Gasteiger partial charge on any atom is -0.493 e. The van der Waals surface area contributed by atoms with Crippen LogP contribution < -0.4 is 9.47 Å². The maximum absolute atomic E-state index is 6.32. The average Bonchev–Trinajstić information content (AvgIpc) is 3.06. The summed E-state index contributed by atoms with van der Waals surface area (Å²) >= 11 is 6.32. The minimum atomic E-state index is 0.542. The first-order chi connectivity index (χ1) is 10.2. The number of aromatic amines is 1. The van der Waals surface area contributed by atoms with E-state index in [1.807, 2.05) is 17.7 Å². The van der Waals surface area contributed by atoms with Gasteiger partial charge in [-0.2, -0.15) is 5.10 Å². The van der Waals surface area contributed by atoms with Gasteiger partial charge in [-0.3, -0.25) is 0 Å². The van der Waals surface area contributed by atoms with Gasteiger partial charge in [-0.05, 0) is 13.0 Å². The van der Waals surface area contributed by atoms with E-state index in [4.69, 9.17) is 21.1 Å². The number of hydrogen-bond acceptors (Lipinski definition) is 4. The molecule has 21 heavy (non-hydrogen) atoms. The molecular weight excluding hydrogens is 292 g/mol. The Morgan fingerprint density at radius 1 is 1.24 bits per heavy atom. The molecule has 0 bridgehead atoms. The quantitative estimate of drug-likeness (QED) is 0.804. The molecule has 0 saturated heterocycles. The molecule has 0 saturated carbocycles. The second-order valence-corrected chi connectivity index (χ2v) is 4.88. The number of hydrogen-bond donors (Lipinski definition) is 1. The van der Waals surface area contributed by atoms with Crippen molar-refractivity contribution in [1.82, 2.24) is 19.7 Å². The molecule has 0 aliphatic heterocycles. The molecule has 6 nitrogen and oxygen atoms in total. The van der Waals surface area contributed by atoms with Gasteiger partial charge in [0.1, 0.15) is 11.3 Å². The van der Waals surface area contributed by atoms with Gasteiger partial charge in [-0.15, -0.1) is 0 Å². The third-order valence-electron chi connectivity index (χ3n) is 3.31. The number of aromatic nitrogens is 4. The fraction of sp³-hybridized carbons (Fsp3) is 0.286. The zero-order valence-electron chi connectivity index (χ0n) is 12.0. The van der Waals surface area contributed by atoms with Crippen molar-refractivity contribution >= 4 is 22.8 Å². The maximum atomic E-state index is 6.32. The van der Waals surface area contributed by atoms with E-state index >= 15 is 0 Å². The van der Waals surface area contributed by atoms with Crippen LogP contribution in [0, 0.1) is 0 Å². The van der Waals surface area contributed by atoms with Crippen LogP contribution in [0.2, 0.25) is 5.02 Å². The van der Waals surface area contributed by atoms with Crippen molar-refractivity contribution < 1.29 is 9.47 Å². The second kappa shape index (κ2) is 5.29. The summed E-state index contributed by atoms with van der Waals surface area (Å²) in [6, 6.07) is 3.53. The molecule has 2 aromatic heterocycles. The third-order valence-corrected chi connectivity index (χ3v) is 3.62. The van der Waals surface area contributed by atoms with Crippen LogP contribution in [0.25, 0.3) is 22.6 Å². The Hall–Kier alpha value is -2.21. The number of imidazole rings is 1. The van der Waals surface area contributed by atoms with Crippen LogP contribution in [0.15, 0.2) is 18.3 Å². The van der Waals surface area contributed by atoms with Crippen molar-refractivity contribution in [2.75, 3.05) is 14.2 Å². The van der Waals surface area contributed by atoms with Crippen molar-refractivity contribution in [3.63, 3.8) is 0 Å². The third kappa shape index (κ3) is 2.21. The fourth-order valence-electron chi connectivity index (χ4n) is 2.24. The number of aryl methyl sites for hydroxylation is 1. The first-order valence-electron chi connectivity index (χ1n) is 6.51. The zero-order chi connectivity index (χ0) is 15.0. The molecule has 110 valence electrons. The van der Waals surface area contributed by atoms with Gasteiger partial charge in [0, 0.05) is 18.2 Å². The lowest BCUT2D eigenvalue weighted by atomic mass is 10.2. The Kier molecular flexibility index (Phi) is 3.47. The predicted octanol–water partition coefficient (Wildman–Crippen LogP) is 3.12. The van der Waals surface area contributed by atoms with Gasteiger partial charge in [0.2, 0.25) is 0 Å². The molecule has 0 spiro atoms. The molecule has 1 N–H and O–H groups in total. The van der Waals surface area contributed by atoms with Crippen LogP contribution in [0.1, 0.15) is 6.92 Å². The Bertz CT molecular complexity index is 794. The highest BCUT2D eigenvalue weighted by molar-refractivity contribution is 6.33. The number of nitrogens with one attached hydrogen (secondary N) is 1. The van der Waals surface area contributed by atoms with Crippen molar-refractivity contribution in [3.8, 4) is 22.9 Å². The average molecular weight is 307 g/mol. The standard InChI is InChI=1S/C14H15ClN4O2/c1-4-19-14-10(7-16-19)17-13(18-14)8-5-11(20-2)12(21-3)6-9(8)15/h5-7H,4H2,1-3H3,(H,17,18). The summed E-state index contributed by atoms with van der Waals surface area (Å²) in [6.07, 6.45) is 1.75. The summed E-state index contributed by atoms with van der Waals surface area (Å²) in [5, 5.41) is 4.78. The second-order valence-electron chi connectivity index (χ2n) is 4.47. The summed E-state index contributed by atoms with van der Waals surface area (Å²) in [5.74, 6) is 1.87. The highest BCUT2D eigenvalue weighted by Gasteiger charge is 2.16. The fourth-order valence-corrected chi connectivity index (χ4v) is 2.48. The monoisotopic (exact) mass is 306 g/mol. The van der Waals surface area contributed by atoms with E-state index in [0.29, 0.717) is 22.3 Å². The van der Waals surface area contributed by atoms with Gasteiger partial charge < -0.3 is 14.5 Å². The molecule has 0 atom stereocenters. The first-order valence-corrected chi connectivity index (χ1v) is 6.89. The summed E-state index contributed by atoms with van der Waals surface area (Å²) in [6.45, 7) is 2.78. The van der Waals surface area contributed by atoms with E-state index in [9.17, 15) is 0 Å². The van der Waals surface area contributed by atoms with E-state index in [-0.39, 0.29) is 0 Å². The molecule has 3 aromatic rings. The Balaban J connectivity index is 2.15. The summed E-state index contributed by atoms with van der Waals surface area (Å²) in [5.41, 5.74) is 2.43. The number of benzene rings is 1. The topological polar surface area (TPSA) is 65.0 Å². The summed E-state index contributed by atoms with van der Waals surface area (Å²) < 4.78 is 12.4. The first kappa shape index (κ1) is 13.8. The highest BCUT2D eigenvalue weighted by atomic mass is 35.5. The largest absolute Gasteiger partial charge is 0.493 e. The van der Waals surface area contributed by atoms with E-state index in [1.165, 1.54) is 0 Å². The van der Waals surface area contributed by atoms with Crippen LogP contribution in [0.3, 0.4) is 0 Å². The smallest absolute Gasteiger partial charge is 0.176 e. The number of ether oxygens (including phenoxy) is 2. The highest BCUT2D eigenvalue weighted by Crippen LogP contribution is 2.37. The summed E-state index contributed by atoms with van der Waals surface area (Å²) in [4.78, 5) is 7.79. The van der Waals surface area contributed by atoms with Gasteiger partial charge in [-0.1, -0.05) is 11.6 Å². The minimum absolute atomic E-state index is 0.542. The Morgan fingerprint density at radius 3 is 2.62 bits per heavy atom. The SMILES string of the molecule is CCn1ncc2[nH]c(-c3cc(OC)c(OC)cc3Cl)nc21.